The Morgan fingerprint density at radius 3 is 2.57 bits per heavy atom. The fourth-order valence-corrected chi connectivity index (χ4v) is 4.82. The SMILES string of the molecule is CO/N=C(\CN(C1CC1)S(=O)(=O)c1ncn(S(=O)(=O)N(C)C)n1)c1cccc(F)c1. The Balaban J connectivity index is 1.96. The first-order valence-corrected chi connectivity index (χ1v) is 11.6. The van der Waals surface area contributed by atoms with Crippen LogP contribution in [0.3, 0.4) is 0 Å². The van der Waals surface area contributed by atoms with E-state index in [1.165, 1.54) is 39.4 Å². The molecule has 1 aromatic carbocycles. The molecule has 14 heteroatoms. The summed E-state index contributed by atoms with van der Waals surface area (Å²) in [7, 11) is -4.41. The number of hydrogen-bond acceptors (Lipinski definition) is 8. The van der Waals surface area contributed by atoms with Crippen LogP contribution in [-0.4, -0.2) is 79.1 Å². The highest BCUT2D eigenvalue weighted by molar-refractivity contribution is 7.89. The van der Waals surface area contributed by atoms with Crippen molar-refractivity contribution in [1.29, 1.82) is 0 Å². The summed E-state index contributed by atoms with van der Waals surface area (Å²) >= 11 is 0. The third kappa shape index (κ3) is 4.50. The molecule has 1 fully saturated rings. The van der Waals surface area contributed by atoms with Crippen LogP contribution in [0.2, 0.25) is 0 Å². The van der Waals surface area contributed by atoms with E-state index in [9.17, 15) is 21.2 Å². The van der Waals surface area contributed by atoms with Gasteiger partial charge in [-0.2, -0.15) is 17.0 Å². The van der Waals surface area contributed by atoms with Crippen molar-refractivity contribution in [2.45, 2.75) is 24.0 Å². The van der Waals surface area contributed by atoms with Crippen LogP contribution in [0.4, 0.5) is 4.39 Å². The Hall–Kier alpha value is -2.42. The predicted octanol–water partition coefficient (Wildman–Crippen LogP) is 0.276. The lowest BCUT2D eigenvalue weighted by Crippen LogP contribution is -2.38. The van der Waals surface area contributed by atoms with Crippen molar-refractivity contribution >= 4 is 25.9 Å². The molecule has 30 heavy (non-hydrogen) atoms. The Labute approximate surface area is 174 Å². The van der Waals surface area contributed by atoms with Gasteiger partial charge >= 0.3 is 10.2 Å². The zero-order valence-corrected chi connectivity index (χ0v) is 18.1. The average Bonchev–Trinajstić information content (AvgIpc) is 3.37. The summed E-state index contributed by atoms with van der Waals surface area (Å²) in [6.07, 6.45) is 2.04. The Morgan fingerprint density at radius 2 is 2.00 bits per heavy atom. The van der Waals surface area contributed by atoms with Gasteiger partial charge in [0.2, 0.25) is 0 Å². The third-order valence-electron chi connectivity index (χ3n) is 4.31. The van der Waals surface area contributed by atoms with Gasteiger partial charge in [0.25, 0.3) is 15.2 Å². The standard InChI is InChI=1S/C16H21FN6O5S2/c1-21(2)30(26,27)23-11-18-16(19-23)29(24,25)22(14-7-8-14)10-15(20-28-3)12-5-4-6-13(17)9-12/h4-6,9,11,14H,7-8,10H2,1-3H3/b20-15+. The minimum atomic E-state index is -4.26. The molecule has 0 spiro atoms. The van der Waals surface area contributed by atoms with Gasteiger partial charge in [-0.05, 0) is 25.0 Å². The van der Waals surface area contributed by atoms with Crippen LogP contribution in [0.15, 0.2) is 40.9 Å². The highest BCUT2D eigenvalue weighted by atomic mass is 32.2. The van der Waals surface area contributed by atoms with E-state index in [2.05, 4.69) is 15.2 Å². The van der Waals surface area contributed by atoms with Crippen LogP contribution in [0.1, 0.15) is 18.4 Å². The molecule has 1 aromatic heterocycles. The highest BCUT2D eigenvalue weighted by Gasteiger charge is 2.41. The van der Waals surface area contributed by atoms with E-state index in [1.54, 1.807) is 6.07 Å². The van der Waals surface area contributed by atoms with E-state index in [-0.39, 0.29) is 18.3 Å². The smallest absolute Gasteiger partial charge is 0.323 e. The maximum absolute atomic E-state index is 13.6. The topological polar surface area (TPSA) is 127 Å². The van der Waals surface area contributed by atoms with Crippen LogP contribution in [-0.2, 0) is 25.1 Å². The Kier molecular flexibility index (Phi) is 6.21. The quantitative estimate of drug-likeness (QED) is 0.388. The van der Waals surface area contributed by atoms with E-state index in [0.29, 0.717) is 22.5 Å². The molecule has 0 N–H and O–H groups in total. The summed E-state index contributed by atoms with van der Waals surface area (Å²) in [5.74, 6) is -0.508. The molecule has 11 nitrogen and oxygen atoms in total. The molecule has 2 aromatic rings. The van der Waals surface area contributed by atoms with E-state index >= 15 is 0 Å². The van der Waals surface area contributed by atoms with Crippen molar-refractivity contribution in [3.8, 4) is 0 Å². The van der Waals surface area contributed by atoms with Crippen LogP contribution < -0.4 is 0 Å². The average molecular weight is 461 g/mol. The van der Waals surface area contributed by atoms with Crippen LogP contribution in [0, 0.1) is 5.82 Å². The summed E-state index contributed by atoms with van der Waals surface area (Å²) < 4.78 is 66.8. The molecule has 1 aliphatic rings. The van der Waals surface area contributed by atoms with Gasteiger partial charge in [-0.1, -0.05) is 17.3 Å². The van der Waals surface area contributed by atoms with Gasteiger partial charge in [-0.3, -0.25) is 0 Å². The van der Waals surface area contributed by atoms with E-state index in [4.69, 9.17) is 4.84 Å². The second kappa shape index (κ2) is 8.37. The number of aromatic nitrogens is 3. The fourth-order valence-electron chi connectivity index (χ4n) is 2.61. The van der Waals surface area contributed by atoms with Gasteiger partial charge in [0.1, 0.15) is 25.0 Å². The van der Waals surface area contributed by atoms with Crippen LogP contribution in [0.5, 0.6) is 0 Å². The van der Waals surface area contributed by atoms with Crippen LogP contribution in [0.25, 0.3) is 0 Å². The Bertz CT molecular complexity index is 1160. The molecule has 164 valence electrons. The maximum atomic E-state index is 13.6. The minimum absolute atomic E-state index is 0.188. The first-order valence-electron chi connectivity index (χ1n) is 8.80. The molecule has 0 saturated heterocycles. The minimum Gasteiger partial charge on any atom is -0.399 e. The molecule has 0 radical (unpaired) electrons. The predicted molar refractivity (Wildman–Crippen MR) is 105 cm³/mol. The second-order valence-corrected chi connectivity index (χ2v) is 10.5. The Morgan fingerprint density at radius 1 is 1.30 bits per heavy atom. The molecule has 0 unspecified atom stereocenters. The van der Waals surface area contributed by atoms with Crippen molar-refractivity contribution < 1.29 is 26.1 Å². The van der Waals surface area contributed by atoms with Crippen molar-refractivity contribution in [2.75, 3.05) is 27.7 Å². The number of nitrogens with zero attached hydrogens (tertiary/aromatic N) is 6. The van der Waals surface area contributed by atoms with Crippen LogP contribution >= 0.6 is 0 Å². The molecule has 1 saturated carbocycles. The summed E-state index contributed by atoms with van der Waals surface area (Å²) in [5.41, 5.74) is 0.541. The van der Waals surface area contributed by atoms with Crippen molar-refractivity contribution in [3.05, 3.63) is 42.0 Å². The van der Waals surface area contributed by atoms with E-state index in [0.717, 1.165) is 14.9 Å². The maximum Gasteiger partial charge on any atom is 0.323 e. The molecule has 1 aliphatic carbocycles. The first kappa shape index (κ1) is 22.3. The number of sulfonamides is 1. The molecule has 3 rings (SSSR count). The molecule has 0 atom stereocenters. The van der Waals surface area contributed by atoms with E-state index < -0.39 is 31.2 Å². The molecule has 1 heterocycles. The zero-order chi connectivity index (χ0) is 22.1. The summed E-state index contributed by atoms with van der Waals surface area (Å²) in [6, 6.07) is 5.19. The molecule has 0 bridgehead atoms. The van der Waals surface area contributed by atoms with Gasteiger partial charge in [-0.25, -0.2) is 17.8 Å². The zero-order valence-electron chi connectivity index (χ0n) is 16.5. The summed E-state index contributed by atoms with van der Waals surface area (Å²) in [5, 5.41) is 6.86. The largest absolute Gasteiger partial charge is 0.399 e. The highest BCUT2D eigenvalue weighted by Crippen LogP contribution is 2.31. The number of hydrogen-bond donors (Lipinski definition) is 0. The van der Waals surface area contributed by atoms with Gasteiger partial charge in [0, 0.05) is 25.7 Å². The fraction of sp³-hybridized carbons (Fsp3) is 0.438. The number of halogens is 1. The molecule has 0 amide bonds. The lowest BCUT2D eigenvalue weighted by molar-refractivity contribution is 0.212. The van der Waals surface area contributed by atoms with Crippen molar-refractivity contribution in [3.63, 3.8) is 0 Å². The third-order valence-corrected chi connectivity index (χ3v) is 7.57. The number of benzene rings is 1. The van der Waals surface area contributed by atoms with Gasteiger partial charge in [0.05, 0.1) is 6.54 Å². The van der Waals surface area contributed by atoms with Gasteiger partial charge in [0.15, 0.2) is 0 Å². The van der Waals surface area contributed by atoms with Crippen molar-refractivity contribution in [2.24, 2.45) is 5.16 Å². The lowest BCUT2D eigenvalue weighted by atomic mass is 10.1. The van der Waals surface area contributed by atoms with E-state index in [1.807, 2.05) is 0 Å². The van der Waals surface area contributed by atoms with Gasteiger partial charge in [-0.15, -0.1) is 9.19 Å². The van der Waals surface area contributed by atoms with Crippen molar-refractivity contribution in [1.82, 2.24) is 22.8 Å². The first-order chi connectivity index (χ1) is 14.1. The number of oxime groups is 1. The molecular weight excluding hydrogens is 439 g/mol. The second-order valence-electron chi connectivity index (χ2n) is 6.70. The molecule has 0 aliphatic heterocycles. The summed E-state index contributed by atoms with van der Waals surface area (Å²) in [4.78, 5) is 8.51. The number of rotatable bonds is 9. The lowest BCUT2D eigenvalue weighted by Gasteiger charge is -2.20. The van der Waals surface area contributed by atoms with Gasteiger partial charge < -0.3 is 4.84 Å². The summed E-state index contributed by atoms with van der Waals surface area (Å²) in [6.45, 7) is -0.223. The monoisotopic (exact) mass is 460 g/mol. The normalized spacial score (nSPS) is 15.7. The molecular formula is C16H21FN6O5S2.